The molecule has 0 spiro atoms. The molecule has 0 unspecified atom stereocenters. The monoisotopic (exact) mass is 425 g/mol. The van der Waals surface area contributed by atoms with Crippen LogP contribution in [0.15, 0.2) is 48.6 Å². The third kappa shape index (κ3) is 5.89. The number of carboxylic acids is 1. The molecule has 1 fully saturated rings. The minimum absolute atomic E-state index is 0.0400. The number of carbonyl (C=O) groups is 3. The fourth-order valence-corrected chi connectivity index (χ4v) is 4.56. The lowest BCUT2D eigenvalue weighted by molar-refractivity contribution is -0.128. The largest absolute Gasteiger partial charge is 0.477 e. The lowest BCUT2D eigenvalue weighted by Crippen LogP contribution is -2.33. The van der Waals surface area contributed by atoms with E-state index in [-0.39, 0.29) is 17.7 Å². The molecule has 1 aliphatic heterocycles. The number of rotatable bonds is 10. The first kappa shape index (κ1) is 22.0. The molecule has 2 aromatic rings. The van der Waals surface area contributed by atoms with Crippen molar-refractivity contribution >= 4 is 29.0 Å². The molecule has 6 heteroatoms. The molecule has 0 bridgehead atoms. The Morgan fingerprint density at radius 2 is 1.90 bits per heavy atom. The highest BCUT2D eigenvalue weighted by Gasteiger charge is 2.28. The first-order valence-corrected chi connectivity index (χ1v) is 11.2. The van der Waals surface area contributed by atoms with Gasteiger partial charge in [0.2, 0.25) is 5.91 Å². The molecular weight excluding hydrogens is 398 g/mol. The van der Waals surface area contributed by atoms with Gasteiger partial charge < -0.3 is 10.0 Å². The van der Waals surface area contributed by atoms with E-state index in [0.29, 0.717) is 24.3 Å². The molecule has 1 saturated heterocycles. The Bertz CT molecular complexity index is 929. The van der Waals surface area contributed by atoms with Crippen LogP contribution in [0.2, 0.25) is 0 Å². The molecule has 0 saturated carbocycles. The summed E-state index contributed by atoms with van der Waals surface area (Å²) in [5.41, 5.74) is 2.25. The van der Waals surface area contributed by atoms with Crippen LogP contribution in [0.25, 0.3) is 0 Å². The zero-order chi connectivity index (χ0) is 21.5. The summed E-state index contributed by atoms with van der Waals surface area (Å²) >= 11 is 1.28. The minimum Gasteiger partial charge on any atom is -0.477 e. The Morgan fingerprint density at radius 3 is 2.57 bits per heavy atom. The number of amides is 1. The third-order valence-corrected chi connectivity index (χ3v) is 6.52. The van der Waals surface area contributed by atoms with E-state index in [1.165, 1.54) is 16.9 Å². The number of thiophene rings is 1. The summed E-state index contributed by atoms with van der Waals surface area (Å²) in [5.74, 6) is -0.750. The number of benzene rings is 1. The van der Waals surface area contributed by atoms with Crippen molar-refractivity contribution in [2.24, 2.45) is 0 Å². The van der Waals surface area contributed by atoms with Crippen molar-refractivity contribution in [2.45, 2.75) is 51.5 Å². The van der Waals surface area contributed by atoms with Gasteiger partial charge in [-0.15, -0.1) is 11.3 Å². The van der Waals surface area contributed by atoms with Gasteiger partial charge in [-0.3, -0.25) is 9.59 Å². The average molecular weight is 426 g/mol. The molecule has 1 aromatic heterocycles. The summed E-state index contributed by atoms with van der Waals surface area (Å²) in [7, 11) is 0. The van der Waals surface area contributed by atoms with Crippen LogP contribution in [0.1, 0.15) is 51.9 Å². The van der Waals surface area contributed by atoms with Crippen LogP contribution in [0.5, 0.6) is 0 Å². The molecule has 5 nitrogen and oxygen atoms in total. The number of nitrogens with zero attached hydrogens (tertiary/aromatic N) is 1. The van der Waals surface area contributed by atoms with Gasteiger partial charge in [-0.25, -0.2) is 4.79 Å². The SMILES string of the molecule is CCc1ccc(CC(=O)C=C[C@H]2CCC(=O)N2CCCc2ccc(C(=O)O)s2)cc1. The highest BCUT2D eigenvalue weighted by Crippen LogP contribution is 2.22. The highest BCUT2D eigenvalue weighted by atomic mass is 32.1. The number of allylic oxidation sites excluding steroid dienone is 1. The molecule has 1 aromatic carbocycles. The van der Waals surface area contributed by atoms with E-state index in [0.717, 1.165) is 36.1 Å². The van der Waals surface area contributed by atoms with Gasteiger partial charge in [0.15, 0.2) is 5.78 Å². The Balaban J connectivity index is 1.50. The number of aromatic carboxylic acids is 1. The molecule has 1 atom stereocenters. The molecule has 1 aliphatic rings. The van der Waals surface area contributed by atoms with Gasteiger partial charge >= 0.3 is 5.97 Å². The topological polar surface area (TPSA) is 74.7 Å². The molecular formula is C24H27NO4S. The molecule has 2 heterocycles. The van der Waals surface area contributed by atoms with E-state index in [2.05, 4.69) is 19.1 Å². The summed E-state index contributed by atoms with van der Waals surface area (Å²) in [5, 5.41) is 9.01. The molecule has 3 rings (SSSR count). The minimum atomic E-state index is -0.905. The Hall–Kier alpha value is -2.73. The maximum Gasteiger partial charge on any atom is 0.345 e. The van der Waals surface area contributed by atoms with Gasteiger partial charge in [-0.1, -0.05) is 37.3 Å². The standard InChI is InChI=1S/C24H27NO4S/c1-2-17-5-7-18(8-6-17)16-20(26)11-9-19-10-14-23(27)25(19)15-3-4-21-12-13-22(30-21)24(28)29/h5-9,11-13,19H,2-4,10,14-16H2,1H3,(H,28,29)/t19-/m0/s1. The van der Waals surface area contributed by atoms with Gasteiger partial charge in [-0.05, 0) is 55.0 Å². The predicted octanol–water partition coefficient (Wildman–Crippen LogP) is 4.30. The smallest absolute Gasteiger partial charge is 0.345 e. The summed E-state index contributed by atoms with van der Waals surface area (Å²) in [4.78, 5) is 38.7. The van der Waals surface area contributed by atoms with Crippen LogP contribution in [-0.2, 0) is 28.9 Å². The molecule has 0 radical (unpaired) electrons. The number of likely N-dealkylation sites (tertiary alicyclic amines) is 1. The van der Waals surface area contributed by atoms with Crippen molar-refractivity contribution in [1.82, 2.24) is 4.90 Å². The van der Waals surface area contributed by atoms with E-state index >= 15 is 0 Å². The number of carbonyl (C=O) groups excluding carboxylic acids is 2. The van der Waals surface area contributed by atoms with E-state index in [1.54, 1.807) is 12.1 Å². The second-order valence-electron chi connectivity index (χ2n) is 7.54. The zero-order valence-electron chi connectivity index (χ0n) is 17.2. The summed E-state index contributed by atoms with van der Waals surface area (Å²) in [6, 6.07) is 11.5. The van der Waals surface area contributed by atoms with E-state index in [4.69, 9.17) is 5.11 Å². The lowest BCUT2D eigenvalue weighted by atomic mass is 10.0. The number of hydrogen-bond donors (Lipinski definition) is 1. The van der Waals surface area contributed by atoms with Gasteiger partial charge in [0.1, 0.15) is 4.88 Å². The zero-order valence-corrected chi connectivity index (χ0v) is 18.0. The van der Waals surface area contributed by atoms with Crippen molar-refractivity contribution in [3.05, 3.63) is 69.4 Å². The molecule has 158 valence electrons. The van der Waals surface area contributed by atoms with Crippen LogP contribution < -0.4 is 0 Å². The Kier molecular flexibility index (Phi) is 7.57. The second-order valence-corrected chi connectivity index (χ2v) is 8.71. The molecule has 30 heavy (non-hydrogen) atoms. The maximum atomic E-state index is 12.3. The first-order valence-electron chi connectivity index (χ1n) is 10.4. The fraction of sp³-hybridized carbons (Fsp3) is 0.375. The second kappa shape index (κ2) is 10.3. The van der Waals surface area contributed by atoms with Crippen molar-refractivity contribution in [2.75, 3.05) is 6.54 Å². The lowest BCUT2D eigenvalue weighted by Gasteiger charge is -2.22. The van der Waals surface area contributed by atoms with Crippen LogP contribution >= 0.6 is 11.3 Å². The van der Waals surface area contributed by atoms with Gasteiger partial charge in [-0.2, -0.15) is 0 Å². The van der Waals surface area contributed by atoms with Crippen LogP contribution in [0.4, 0.5) is 0 Å². The number of carboxylic acid groups (broad SMARTS) is 1. The highest BCUT2D eigenvalue weighted by molar-refractivity contribution is 7.13. The Labute approximate surface area is 181 Å². The third-order valence-electron chi connectivity index (χ3n) is 5.38. The van der Waals surface area contributed by atoms with E-state index < -0.39 is 5.97 Å². The van der Waals surface area contributed by atoms with Crippen LogP contribution in [0, 0.1) is 0 Å². The summed E-state index contributed by atoms with van der Waals surface area (Å²) in [6.07, 6.45) is 7.57. The first-order chi connectivity index (χ1) is 14.5. The molecule has 1 amide bonds. The van der Waals surface area contributed by atoms with Gasteiger partial charge in [0, 0.05) is 24.3 Å². The van der Waals surface area contributed by atoms with Crippen molar-refractivity contribution in [3.63, 3.8) is 0 Å². The van der Waals surface area contributed by atoms with E-state index in [1.807, 2.05) is 29.2 Å². The number of hydrogen-bond acceptors (Lipinski definition) is 4. The fourth-order valence-electron chi connectivity index (χ4n) is 3.67. The number of ketones is 1. The van der Waals surface area contributed by atoms with Crippen molar-refractivity contribution < 1.29 is 19.5 Å². The average Bonchev–Trinajstić information content (AvgIpc) is 3.34. The van der Waals surface area contributed by atoms with Crippen LogP contribution in [0.3, 0.4) is 0 Å². The normalized spacial score (nSPS) is 16.5. The predicted molar refractivity (Wildman–Crippen MR) is 118 cm³/mol. The van der Waals surface area contributed by atoms with Crippen molar-refractivity contribution in [3.8, 4) is 0 Å². The van der Waals surface area contributed by atoms with Gasteiger partial charge in [0.25, 0.3) is 0 Å². The summed E-state index contributed by atoms with van der Waals surface area (Å²) in [6.45, 7) is 2.71. The number of aryl methyl sites for hydroxylation is 2. The van der Waals surface area contributed by atoms with Crippen molar-refractivity contribution in [1.29, 1.82) is 0 Å². The quantitative estimate of drug-likeness (QED) is 0.576. The van der Waals surface area contributed by atoms with Crippen LogP contribution in [-0.4, -0.2) is 40.3 Å². The molecule has 1 N–H and O–H groups in total. The molecule has 0 aliphatic carbocycles. The summed E-state index contributed by atoms with van der Waals surface area (Å²) < 4.78 is 0. The maximum absolute atomic E-state index is 12.3. The van der Waals surface area contributed by atoms with E-state index in [9.17, 15) is 14.4 Å². The van der Waals surface area contributed by atoms with Gasteiger partial charge in [0.05, 0.1) is 6.04 Å². The Morgan fingerprint density at radius 1 is 1.17 bits per heavy atom.